The molecule has 0 aromatic carbocycles. The molecule has 0 bridgehead atoms. The van der Waals surface area contributed by atoms with Gasteiger partial charge < -0.3 is 0 Å². The van der Waals surface area contributed by atoms with Gasteiger partial charge in [-0.1, -0.05) is 90.9 Å². The Morgan fingerprint density at radius 1 is 0.731 bits per heavy atom. The number of amidine groups is 1. The zero-order valence-corrected chi connectivity index (χ0v) is 18.7. The predicted molar refractivity (Wildman–Crippen MR) is 117 cm³/mol. The Balaban J connectivity index is 2.50. The van der Waals surface area contributed by atoms with E-state index < -0.39 is 0 Å². The summed E-state index contributed by atoms with van der Waals surface area (Å²) in [6, 6.07) is 0. The van der Waals surface area contributed by atoms with Crippen LogP contribution in [0.1, 0.15) is 118 Å². The van der Waals surface area contributed by atoms with Gasteiger partial charge in [0.05, 0.1) is 19.0 Å². The molecule has 0 saturated heterocycles. The molecule has 0 aromatic rings. The maximum atomic E-state index is 2.68. The summed E-state index contributed by atoms with van der Waals surface area (Å²) >= 11 is 0. The Morgan fingerprint density at radius 3 is 1.69 bits per heavy atom. The van der Waals surface area contributed by atoms with Gasteiger partial charge in [-0.05, 0) is 26.7 Å². The fourth-order valence-electron chi connectivity index (χ4n) is 4.57. The molecule has 0 amide bonds. The summed E-state index contributed by atoms with van der Waals surface area (Å²) in [4.78, 5) is 2.68. The smallest absolute Gasteiger partial charge is 0.250 e. The fourth-order valence-corrected chi connectivity index (χ4v) is 4.57. The highest BCUT2D eigenvalue weighted by Gasteiger charge is 2.34. The van der Waals surface area contributed by atoms with Gasteiger partial charge in [-0.2, -0.15) is 0 Å². The standard InChI is InChI=1S/C24H49N2/c1-5-9-11-13-14-16-18-20-23(19-17-15-12-10-6-2)24-25(7-3)21-22-26(24)8-4/h23H,5-22H2,1-4H3/q+1. The largest absolute Gasteiger partial charge is 0.262 e. The molecule has 1 unspecified atom stereocenters. The normalized spacial score (nSPS) is 15.9. The molecular formula is C24H49N2+. The van der Waals surface area contributed by atoms with Crippen LogP contribution in [0.5, 0.6) is 0 Å². The summed E-state index contributed by atoms with van der Waals surface area (Å²) < 4.78 is 2.68. The van der Waals surface area contributed by atoms with E-state index in [0.29, 0.717) is 0 Å². The van der Waals surface area contributed by atoms with Gasteiger partial charge in [-0.25, -0.2) is 0 Å². The third kappa shape index (κ3) is 8.91. The van der Waals surface area contributed by atoms with Crippen LogP contribution < -0.4 is 0 Å². The Bertz CT molecular complexity index is 361. The zero-order chi connectivity index (χ0) is 19.0. The summed E-state index contributed by atoms with van der Waals surface area (Å²) in [5.41, 5.74) is 0. The number of rotatable bonds is 17. The monoisotopic (exact) mass is 365 g/mol. The number of likely N-dealkylation sites (N-methyl/N-ethyl adjacent to an activating group) is 2. The van der Waals surface area contributed by atoms with E-state index in [1.54, 1.807) is 5.84 Å². The van der Waals surface area contributed by atoms with E-state index in [2.05, 4.69) is 37.2 Å². The summed E-state index contributed by atoms with van der Waals surface area (Å²) in [6.45, 7) is 14.2. The lowest BCUT2D eigenvalue weighted by Crippen LogP contribution is -2.36. The molecule has 0 saturated carbocycles. The zero-order valence-electron chi connectivity index (χ0n) is 18.7. The van der Waals surface area contributed by atoms with Crippen molar-refractivity contribution >= 4 is 5.84 Å². The van der Waals surface area contributed by atoms with E-state index in [-0.39, 0.29) is 0 Å². The Hall–Kier alpha value is -0.530. The first-order valence-electron chi connectivity index (χ1n) is 12.1. The molecule has 2 heteroatoms. The highest BCUT2D eigenvalue weighted by Crippen LogP contribution is 2.24. The molecule has 0 fully saturated rings. The fraction of sp³-hybridized carbons (Fsp3) is 0.958. The first-order chi connectivity index (χ1) is 12.8. The molecule has 0 radical (unpaired) electrons. The second-order valence-corrected chi connectivity index (χ2v) is 8.33. The van der Waals surface area contributed by atoms with Crippen molar-refractivity contribution in [2.45, 2.75) is 118 Å². The Labute approximate surface area is 165 Å². The molecule has 1 aliphatic heterocycles. The van der Waals surface area contributed by atoms with Crippen LogP contribution >= 0.6 is 0 Å². The molecule has 1 atom stereocenters. The summed E-state index contributed by atoms with van der Waals surface area (Å²) in [7, 11) is 0. The van der Waals surface area contributed by atoms with Crippen molar-refractivity contribution in [2.24, 2.45) is 5.92 Å². The first kappa shape index (κ1) is 23.5. The van der Waals surface area contributed by atoms with Gasteiger partial charge in [-0.15, -0.1) is 0 Å². The number of nitrogens with zero attached hydrogens (tertiary/aromatic N) is 2. The number of hydrogen-bond acceptors (Lipinski definition) is 1. The summed E-state index contributed by atoms with van der Waals surface area (Å²) in [5, 5.41) is 0. The number of unbranched alkanes of at least 4 members (excludes halogenated alkanes) is 10. The van der Waals surface area contributed by atoms with Crippen molar-refractivity contribution in [3.05, 3.63) is 0 Å². The molecule has 0 aliphatic carbocycles. The van der Waals surface area contributed by atoms with E-state index in [9.17, 15) is 0 Å². The van der Waals surface area contributed by atoms with Gasteiger partial charge in [0.1, 0.15) is 13.1 Å². The second-order valence-electron chi connectivity index (χ2n) is 8.33. The van der Waals surface area contributed by atoms with Gasteiger partial charge in [-0.3, -0.25) is 9.48 Å². The van der Waals surface area contributed by atoms with Crippen molar-refractivity contribution < 1.29 is 4.58 Å². The lowest BCUT2D eigenvalue weighted by atomic mass is 9.92. The van der Waals surface area contributed by atoms with Crippen LogP contribution in [0, 0.1) is 5.92 Å². The average molecular weight is 366 g/mol. The predicted octanol–water partition coefficient (Wildman–Crippen LogP) is 6.87. The molecule has 0 spiro atoms. The lowest BCUT2D eigenvalue weighted by molar-refractivity contribution is -0.516. The van der Waals surface area contributed by atoms with E-state index in [0.717, 1.165) is 5.92 Å². The Morgan fingerprint density at radius 2 is 1.23 bits per heavy atom. The highest BCUT2D eigenvalue weighted by atomic mass is 15.3. The average Bonchev–Trinajstić information content (AvgIpc) is 3.08. The third-order valence-electron chi connectivity index (χ3n) is 6.23. The lowest BCUT2D eigenvalue weighted by Gasteiger charge is -2.21. The second kappa shape index (κ2) is 15.5. The minimum Gasteiger partial charge on any atom is -0.262 e. The van der Waals surface area contributed by atoms with Gasteiger partial charge in [0.15, 0.2) is 0 Å². The van der Waals surface area contributed by atoms with Crippen LogP contribution in [0.2, 0.25) is 0 Å². The topological polar surface area (TPSA) is 6.25 Å². The molecule has 2 nitrogen and oxygen atoms in total. The highest BCUT2D eigenvalue weighted by molar-refractivity contribution is 5.81. The first-order valence-corrected chi connectivity index (χ1v) is 12.1. The van der Waals surface area contributed by atoms with Gasteiger partial charge in [0.25, 0.3) is 0 Å². The molecular weight excluding hydrogens is 316 g/mol. The minimum absolute atomic E-state index is 0.815. The van der Waals surface area contributed by atoms with Crippen LogP contribution in [0.25, 0.3) is 0 Å². The van der Waals surface area contributed by atoms with Crippen molar-refractivity contribution in [1.82, 2.24) is 4.90 Å². The number of hydrogen-bond donors (Lipinski definition) is 0. The van der Waals surface area contributed by atoms with Crippen molar-refractivity contribution in [1.29, 1.82) is 0 Å². The van der Waals surface area contributed by atoms with Crippen LogP contribution in [0.4, 0.5) is 0 Å². The van der Waals surface area contributed by atoms with E-state index in [4.69, 9.17) is 0 Å². The maximum Gasteiger partial charge on any atom is 0.250 e. The van der Waals surface area contributed by atoms with E-state index >= 15 is 0 Å². The van der Waals surface area contributed by atoms with Gasteiger partial charge >= 0.3 is 0 Å². The van der Waals surface area contributed by atoms with Crippen molar-refractivity contribution in [2.75, 3.05) is 26.2 Å². The maximum absolute atomic E-state index is 2.68. The van der Waals surface area contributed by atoms with Gasteiger partial charge in [0, 0.05) is 0 Å². The third-order valence-corrected chi connectivity index (χ3v) is 6.23. The van der Waals surface area contributed by atoms with Crippen LogP contribution in [-0.2, 0) is 0 Å². The van der Waals surface area contributed by atoms with Crippen molar-refractivity contribution in [3.8, 4) is 0 Å². The van der Waals surface area contributed by atoms with Gasteiger partial charge in [0.2, 0.25) is 5.84 Å². The molecule has 0 N–H and O–H groups in total. The van der Waals surface area contributed by atoms with Crippen molar-refractivity contribution in [3.63, 3.8) is 0 Å². The molecule has 0 aromatic heterocycles. The van der Waals surface area contributed by atoms with E-state index in [1.807, 2.05) is 0 Å². The molecule has 154 valence electrons. The molecule has 1 aliphatic rings. The van der Waals surface area contributed by atoms with Crippen LogP contribution in [0.15, 0.2) is 0 Å². The minimum atomic E-state index is 0.815. The van der Waals surface area contributed by atoms with Crippen LogP contribution in [-0.4, -0.2) is 41.5 Å². The molecule has 26 heavy (non-hydrogen) atoms. The van der Waals surface area contributed by atoms with Crippen LogP contribution in [0.3, 0.4) is 0 Å². The SMILES string of the molecule is CCCCCCCCCC(CCCCCCC)C1=[N+](CC)CCN1CC. The summed E-state index contributed by atoms with van der Waals surface area (Å²) in [6.07, 6.45) is 19.9. The molecule has 1 rings (SSSR count). The Kier molecular flexibility index (Phi) is 14.0. The summed E-state index contributed by atoms with van der Waals surface area (Å²) in [5.74, 6) is 2.52. The quantitative estimate of drug-likeness (QED) is 0.201. The molecule has 1 heterocycles. The van der Waals surface area contributed by atoms with E-state index in [1.165, 1.54) is 116 Å².